The Labute approximate surface area is 106 Å². The molecule has 5 heteroatoms. The summed E-state index contributed by atoms with van der Waals surface area (Å²) in [6, 6.07) is 6.89. The van der Waals surface area contributed by atoms with Crippen molar-refractivity contribution < 1.29 is 19.1 Å². The lowest BCUT2D eigenvalue weighted by Crippen LogP contribution is -2.26. The molecule has 18 heavy (non-hydrogen) atoms. The van der Waals surface area contributed by atoms with E-state index in [-0.39, 0.29) is 24.8 Å². The average molecular weight is 251 g/mol. The number of carbonyl (C=O) groups excluding carboxylic acids is 2. The van der Waals surface area contributed by atoms with E-state index in [1.807, 2.05) is 6.92 Å². The van der Waals surface area contributed by atoms with Crippen LogP contribution in [0.4, 0.5) is 0 Å². The molecule has 0 fully saturated rings. The monoisotopic (exact) mass is 251 g/mol. The highest BCUT2D eigenvalue weighted by Gasteiger charge is 2.07. The molecule has 1 N–H and O–H groups in total. The number of methoxy groups -OCH3 is 1. The van der Waals surface area contributed by atoms with Crippen molar-refractivity contribution in [3.63, 3.8) is 0 Å². The molecule has 0 saturated carbocycles. The van der Waals surface area contributed by atoms with Crippen molar-refractivity contribution in [1.29, 1.82) is 0 Å². The van der Waals surface area contributed by atoms with Crippen LogP contribution in [0, 0.1) is 0 Å². The molecule has 0 spiro atoms. The lowest BCUT2D eigenvalue weighted by molar-refractivity contribution is -0.140. The van der Waals surface area contributed by atoms with E-state index in [1.54, 1.807) is 24.3 Å². The van der Waals surface area contributed by atoms with E-state index in [2.05, 4.69) is 10.1 Å². The first-order valence-electron chi connectivity index (χ1n) is 5.75. The summed E-state index contributed by atoms with van der Waals surface area (Å²) >= 11 is 0. The maximum Gasteiger partial charge on any atom is 0.307 e. The molecule has 5 nitrogen and oxygen atoms in total. The van der Waals surface area contributed by atoms with Crippen LogP contribution < -0.4 is 10.1 Å². The fourth-order valence-electron chi connectivity index (χ4n) is 1.38. The first-order valence-corrected chi connectivity index (χ1v) is 5.75. The fraction of sp³-hybridized carbons (Fsp3) is 0.385. The largest absolute Gasteiger partial charge is 0.494 e. The quantitative estimate of drug-likeness (QED) is 0.776. The number of amides is 1. The second-order valence-electron chi connectivity index (χ2n) is 3.54. The van der Waals surface area contributed by atoms with Crippen LogP contribution in [0.5, 0.6) is 5.75 Å². The van der Waals surface area contributed by atoms with E-state index in [1.165, 1.54) is 7.11 Å². The number of esters is 1. The molecular formula is C13H17NO4. The van der Waals surface area contributed by atoms with Crippen molar-refractivity contribution >= 4 is 11.9 Å². The van der Waals surface area contributed by atoms with E-state index < -0.39 is 0 Å². The molecule has 0 aliphatic heterocycles. The molecule has 1 aromatic rings. The molecular weight excluding hydrogens is 234 g/mol. The van der Waals surface area contributed by atoms with Crippen molar-refractivity contribution in [3.05, 3.63) is 29.8 Å². The summed E-state index contributed by atoms with van der Waals surface area (Å²) < 4.78 is 9.78. The highest BCUT2D eigenvalue weighted by atomic mass is 16.5. The highest BCUT2D eigenvalue weighted by Crippen LogP contribution is 2.12. The average Bonchev–Trinajstić information content (AvgIpc) is 2.39. The number of nitrogens with one attached hydrogen (secondary N) is 1. The summed E-state index contributed by atoms with van der Waals surface area (Å²) in [4.78, 5) is 22.6. The van der Waals surface area contributed by atoms with Crippen LogP contribution in [-0.4, -0.2) is 32.1 Å². The molecule has 0 unspecified atom stereocenters. The van der Waals surface area contributed by atoms with E-state index in [9.17, 15) is 9.59 Å². The Balaban J connectivity index is 2.50. The molecule has 0 saturated heterocycles. The van der Waals surface area contributed by atoms with Gasteiger partial charge in [-0.2, -0.15) is 0 Å². The summed E-state index contributed by atoms with van der Waals surface area (Å²) in [7, 11) is 1.32. The number of rotatable bonds is 6. The van der Waals surface area contributed by atoms with Crippen molar-refractivity contribution in [1.82, 2.24) is 5.32 Å². The Morgan fingerprint density at radius 2 is 2.11 bits per heavy atom. The van der Waals surface area contributed by atoms with E-state index in [0.717, 1.165) is 0 Å². The summed E-state index contributed by atoms with van der Waals surface area (Å²) in [6.07, 6.45) is 0.160. The lowest BCUT2D eigenvalue weighted by Gasteiger charge is -2.07. The molecule has 98 valence electrons. The molecule has 1 rings (SSSR count). The van der Waals surface area contributed by atoms with Gasteiger partial charge in [0.25, 0.3) is 5.91 Å². The van der Waals surface area contributed by atoms with Gasteiger partial charge in [0.2, 0.25) is 0 Å². The minimum Gasteiger partial charge on any atom is -0.494 e. The predicted molar refractivity (Wildman–Crippen MR) is 66.6 cm³/mol. The SMILES string of the molecule is CCOc1cccc(C(=O)NCCC(=O)OC)c1. The molecule has 0 atom stereocenters. The van der Waals surface area contributed by atoms with Crippen molar-refractivity contribution in [2.24, 2.45) is 0 Å². The molecule has 0 heterocycles. The molecule has 0 bridgehead atoms. The second-order valence-corrected chi connectivity index (χ2v) is 3.54. The molecule has 0 aliphatic rings. The van der Waals surface area contributed by atoms with Gasteiger partial charge in [0.05, 0.1) is 20.1 Å². The molecule has 0 radical (unpaired) electrons. The lowest BCUT2D eigenvalue weighted by atomic mass is 10.2. The smallest absolute Gasteiger partial charge is 0.307 e. The van der Waals surface area contributed by atoms with Gasteiger partial charge in [0.1, 0.15) is 5.75 Å². The second kappa shape index (κ2) is 7.32. The Kier molecular flexibility index (Phi) is 5.70. The maximum atomic E-state index is 11.8. The minimum atomic E-state index is -0.349. The summed E-state index contributed by atoms with van der Waals surface area (Å²) in [5.41, 5.74) is 0.505. The van der Waals surface area contributed by atoms with Crippen LogP contribution in [-0.2, 0) is 9.53 Å². The highest BCUT2D eigenvalue weighted by molar-refractivity contribution is 5.94. The molecule has 0 aromatic heterocycles. The predicted octanol–water partition coefficient (Wildman–Crippen LogP) is 1.38. The van der Waals surface area contributed by atoms with Crippen LogP contribution in [0.3, 0.4) is 0 Å². The third-order valence-electron chi connectivity index (χ3n) is 2.25. The standard InChI is InChI=1S/C13H17NO4/c1-3-18-11-6-4-5-10(9-11)13(16)14-8-7-12(15)17-2/h4-6,9H,3,7-8H2,1-2H3,(H,14,16). The van der Waals surface area contributed by atoms with Gasteiger partial charge in [-0.15, -0.1) is 0 Å². The van der Waals surface area contributed by atoms with Gasteiger partial charge in [0, 0.05) is 12.1 Å². The Morgan fingerprint density at radius 1 is 1.33 bits per heavy atom. The fourth-order valence-corrected chi connectivity index (χ4v) is 1.38. The van der Waals surface area contributed by atoms with Crippen LogP contribution in [0.15, 0.2) is 24.3 Å². The van der Waals surface area contributed by atoms with Gasteiger partial charge in [-0.25, -0.2) is 0 Å². The van der Waals surface area contributed by atoms with Gasteiger partial charge in [-0.3, -0.25) is 9.59 Å². The topological polar surface area (TPSA) is 64.6 Å². The zero-order valence-corrected chi connectivity index (χ0v) is 10.6. The normalized spacial score (nSPS) is 9.67. The van der Waals surface area contributed by atoms with Gasteiger partial charge < -0.3 is 14.8 Å². The number of benzene rings is 1. The third-order valence-corrected chi connectivity index (χ3v) is 2.25. The van der Waals surface area contributed by atoms with E-state index in [0.29, 0.717) is 17.9 Å². The number of carbonyl (C=O) groups is 2. The first kappa shape index (κ1) is 14.0. The van der Waals surface area contributed by atoms with Gasteiger partial charge in [-0.1, -0.05) is 6.07 Å². The zero-order valence-electron chi connectivity index (χ0n) is 10.6. The summed E-state index contributed by atoms with van der Waals surface area (Å²) in [5.74, 6) is 0.0666. The summed E-state index contributed by atoms with van der Waals surface area (Å²) in [6.45, 7) is 2.68. The van der Waals surface area contributed by atoms with Crippen molar-refractivity contribution in [2.75, 3.05) is 20.3 Å². The number of hydrogen-bond donors (Lipinski definition) is 1. The first-order chi connectivity index (χ1) is 8.67. The van der Waals surface area contributed by atoms with Crippen molar-refractivity contribution in [2.45, 2.75) is 13.3 Å². The molecule has 0 aliphatic carbocycles. The summed E-state index contributed by atoms with van der Waals surface area (Å²) in [5, 5.41) is 2.64. The third kappa shape index (κ3) is 4.45. The van der Waals surface area contributed by atoms with Crippen LogP contribution in [0.2, 0.25) is 0 Å². The molecule has 1 aromatic carbocycles. The van der Waals surface area contributed by atoms with E-state index >= 15 is 0 Å². The van der Waals surface area contributed by atoms with Crippen LogP contribution >= 0.6 is 0 Å². The maximum absolute atomic E-state index is 11.8. The minimum absolute atomic E-state index is 0.160. The number of hydrogen-bond acceptors (Lipinski definition) is 4. The molecule has 1 amide bonds. The van der Waals surface area contributed by atoms with Crippen molar-refractivity contribution in [3.8, 4) is 5.75 Å². The Morgan fingerprint density at radius 3 is 2.78 bits per heavy atom. The Bertz CT molecular complexity index is 417. The van der Waals surface area contributed by atoms with Gasteiger partial charge >= 0.3 is 5.97 Å². The van der Waals surface area contributed by atoms with Gasteiger partial charge in [-0.05, 0) is 25.1 Å². The van der Waals surface area contributed by atoms with E-state index in [4.69, 9.17) is 4.74 Å². The van der Waals surface area contributed by atoms with Gasteiger partial charge in [0.15, 0.2) is 0 Å². The number of ether oxygens (including phenoxy) is 2. The Hall–Kier alpha value is -2.04. The van der Waals surface area contributed by atoms with Crippen LogP contribution in [0.1, 0.15) is 23.7 Å². The zero-order chi connectivity index (χ0) is 13.4. The van der Waals surface area contributed by atoms with Crippen LogP contribution in [0.25, 0.3) is 0 Å².